The molecule has 0 fully saturated rings. The first kappa shape index (κ1) is 58.2. The van der Waals surface area contributed by atoms with Crippen LogP contribution in [0.4, 0.5) is 35.9 Å². The summed E-state index contributed by atoms with van der Waals surface area (Å²) in [4.78, 5) is 42.9. The molecular formula is C54H43Cl3F6N2O12. The van der Waals surface area contributed by atoms with Crippen LogP contribution < -0.4 is 38.6 Å². The lowest BCUT2D eigenvalue weighted by molar-refractivity contribution is -0.275. The van der Waals surface area contributed by atoms with Crippen molar-refractivity contribution in [2.75, 3.05) is 27.4 Å². The van der Waals surface area contributed by atoms with Crippen molar-refractivity contribution in [2.45, 2.75) is 40.4 Å². The van der Waals surface area contributed by atoms with Crippen molar-refractivity contribution in [2.24, 2.45) is 0 Å². The molecule has 404 valence electrons. The van der Waals surface area contributed by atoms with Crippen molar-refractivity contribution in [3.63, 3.8) is 0 Å². The average molecular weight is 1130 g/mol. The monoisotopic (exact) mass is 1130 g/mol. The number of aromatic amines is 1. The highest BCUT2D eigenvalue weighted by atomic mass is 35.5. The summed E-state index contributed by atoms with van der Waals surface area (Å²) < 4.78 is 118. The third kappa shape index (κ3) is 16.0. The van der Waals surface area contributed by atoms with Gasteiger partial charge in [0.1, 0.15) is 46.0 Å². The number of hydrogen-bond donors (Lipinski definition) is 1. The lowest BCUT2D eigenvalue weighted by Gasteiger charge is -2.17. The van der Waals surface area contributed by atoms with Crippen LogP contribution in [0, 0.1) is 13.8 Å². The molecule has 0 saturated carbocycles. The Balaban J connectivity index is 0.000000227. The summed E-state index contributed by atoms with van der Waals surface area (Å²) in [5, 5.41) is 1.55. The molecule has 14 nitrogen and oxygen atoms in total. The fraction of sp³-hybridized carbons (Fsp3) is 0.185. The number of nitrogens with one attached hydrogen (secondary N) is 1. The van der Waals surface area contributed by atoms with Crippen LogP contribution in [0.15, 0.2) is 126 Å². The van der Waals surface area contributed by atoms with Crippen LogP contribution in [0.5, 0.6) is 51.7 Å². The summed E-state index contributed by atoms with van der Waals surface area (Å²) >= 11 is 17.3. The average Bonchev–Trinajstić information content (AvgIpc) is 3.36. The molecule has 6 aromatic carbocycles. The molecule has 1 N–H and O–H groups in total. The Hall–Kier alpha value is -8.07. The topological polar surface area (TPSA) is 163 Å². The highest BCUT2D eigenvalue weighted by Crippen LogP contribution is 2.43. The predicted octanol–water partition coefficient (Wildman–Crippen LogP) is 16.3. The van der Waals surface area contributed by atoms with Gasteiger partial charge < -0.3 is 47.6 Å². The number of hydrogen-bond acceptors (Lipinski definition) is 13. The van der Waals surface area contributed by atoms with Gasteiger partial charge in [0.25, 0.3) is 0 Å². The highest BCUT2D eigenvalue weighted by molar-refractivity contribution is 6.61. The van der Waals surface area contributed by atoms with Crippen LogP contribution in [0.1, 0.15) is 25.2 Å². The molecule has 2 aromatic heterocycles. The zero-order valence-electron chi connectivity index (χ0n) is 41.2. The first-order valence-electron chi connectivity index (χ1n) is 22.5. The standard InChI is InChI=1S/C27H21ClF3NO6.C24H17ClF3NO4.C3H5ClO2/c1-4-35-26(33)37-25-20-13-21(28)23(34-3)14-22(20)32-15(2)24(25)16-5-7-17(8-6-16)36-18-9-11-19(12-10-18)38-27(29,30)31;1-13-22(23(30)18-11-19(25)21(31-2)12-20(18)29-13)14-3-5-15(6-4-14)32-16-7-9-17(10-8-16)33-24(26,27)28;1-2-6-3(4)5/h5-14H,4H2,1-3H3;3-12H,1-2H3,(H,29,30);2H2,1H3. The van der Waals surface area contributed by atoms with Crippen molar-refractivity contribution >= 4 is 68.2 Å². The van der Waals surface area contributed by atoms with Crippen LogP contribution in [-0.2, 0) is 9.47 Å². The Morgan fingerprint density at radius 1 is 0.584 bits per heavy atom. The molecule has 0 aliphatic rings. The van der Waals surface area contributed by atoms with E-state index in [-0.39, 0.29) is 29.3 Å². The van der Waals surface area contributed by atoms with Gasteiger partial charge in [0.2, 0.25) is 0 Å². The van der Waals surface area contributed by atoms with Gasteiger partial charge >= 0.3 is 24.3 Å². The lowest BCUT2D eigenvalue weighted by Crippen LogP contribution is -2.16. The number of aromatic nitrogens is 2. The second kappa shape index (κ2) is 25.6. The summed E-state index contributed by atoms with van der Waals surface area (Å²) in [5.74, 6) is 1.92. The van der Waals surface area contributed by atoms with Crippen LogP contribution in [0.3, 0.4) is 0 Å². The zero-order chi connectivity index (χ0) is 56.2. The third-order valence-electron chi connectivity index (χ3n) is 10.4. The summed E-state index contributed by atoms with van der Waals surface area (Å²) in [6.07, 6.45) is -10.4. The highest BCUT2D eigenvalue weighted by Gasteiger charge is 2.32. The minimum absolute atomic E-state index is 0.125. The molecular weight excluding hydrogens is 1090 g/mol. The van der Waals surface area contributed by atoms with Gasteiger partial charge in [-0.15, -0.1) is 26.3 Å². The molecule has 0 aliphatic heterocycles. The van der Waals surface area contributed by atoms with Crippen LogP contribution in [0.25, 0.3) is 44.1 Å². The second-order valence-corrected chi connectivity index (χ2v) is 16.8. The smallest absolute Gasteiger partial charge is 0.495 e. The molecule has 0 unspecified atom stereocenters. The number of alkyl halides is 6. The first-order valence-corrected chi connectivity index (χ1v) is 23.7. The Morgan fingerprint density at radius 2 is 1.00 bits per heavy atom. The number of rotatable bonds is 13. The van der Waals surface area contributed by atoms with Gasteiger partial charge in [-0.1, -0.05) is 47.5 Å². The number of halogens is 9. The summed E-state index contributed by atoms with van der Waals surface area (Å²) in [7, 11) is 2.99. The SMILES string of the molecule is CCOC(=O)Cl.CCOC(=O)Oc1c(-c2ccc(Oc3ccc(OC(F)(F)F)cc3)cc2)c(C)nc2cc(OC)c(Cl)cc12.COc1cc2[nH]c(C)c(-c3ccc(Oc4ccc(OC(F)(F)F)cc4)cc3)c(=O)c2cc1Cl. The molecule has 0 radical (unpaired) electrons. The van der Waals surface area contributed by atoms with E-state index in [0.717, 1.165) is 24.3 Å². The van der Waals surface area contributed by atoms with E-state index in [9.17, 15) is 40.7 Å². The van der Waals surface area contributed by atoms with Crippen LogP contribution in [0.2, 0.25) is 10.0 Å². The molecule has 23 heteroatoms. The van der Waals surface area contributed by atoms with E-state index >= 15 is 0 Å². The third-order valence-corrected chi connectivity index (χ3v) is 11.1. The molecule has 0 amide bonds. The Morgan fingerprint density at radius 3 is 1.42 bits per heavy atom. The van der Waals surface area contributed by atoms with Crippen molar-refractivity contribution in [1.29, 1.82) is 0 Å². The second-order valence-electron chi connectivity index (χ2n) is 15.6. The molecule has 0 saturated heterocycles. The molecule has 2 heterocycles. The number of H-pyrrole nitrogens is 1. The van der Waals surface area contributed by atoms with E-state index in [1.165, 1.54) is 38.5 Å². The van der Waals surface area contributed by atoms with E-state index in [0.29, 0.717) is 107 Å². The van der Waals surface area contributed by atoms with Gasteiger partial charge in [-0.25, -0.2) is 9.59 Å². The number of carbonyl (C=O) groups excluding carboxylic acids is 2. The first-order chi connectivity index (χ1) is 36.5. The number of methoxy groups -OCH3 is 2. The van der Waals surface area contributed by atoms with Crippen molar-refractivity contribution in [3.05, 3.63) is 153 Å². The van der Waals surface area contributed by atoms with Crippen molar-refractivity contribution in [1.82, 2.24) is 9.97 Å². The fourth-order valence-electron chi connectivity index (χ4n) is 7.29. The molecule has 8 aromatic rings. The normalized spacial score (nSPS) is 11.1. The molecule has 0 aliphatic carbocycles. The van der Waals surface area contributed by atoms with Crippen molar-refractivity contribution in [3.8, 4) is 74.0 Å². The quantitative estimate of drug-likeness (QED) is 0.0660. The van der Waals surface area contributed by atoms with Crippen LogP contribution >= 0.6 is 34.8 Å². The maximum absolute atomic E-state index is 13.2. The zero-order valence-corrected chi connectivity index (χ0v) is 43.5. The van der Waals surface area contributed by atoms with Gasteiger partial charge in [-0.05, 0) is 124 Å². The van der Waals surface area contributed by atoms with E-state index in [2.05, 4.69) is 24.2 Å². The molecule has 0 spiro atoms. The number of carbonyl (C=O) groups is 2. The summed E-state index contributed by atoms with van der Waals surface area (Å²) in [5.41, 5.74) is 3.78. The number of pyridine rings is 2. The van der Waals surface area contributed by atoms with E-state index < -0.39 is 24.3 Å². The lowest BCUT2D eigenvalue weighted by atomic mass is 10.00. The van der Waals surface area contributed by atoms with E-state index in [1.54, 1.807) is 100 Å². The minimum atomic E-state index is -4.78. The van der Waals surface area contributed by atoms with Gasteiger partial charge in [0, 0.05) is 57.0 Å². The Bertz CT molecular complexity index is 3420. The van der Waals surface area contributed by atoms with Crippen LogP contribution in [-0.4, -0.2) is 61.7 Å². The number of aryl methyl sites for hydroxylation is 2. The largest absolute Gasteiger partial charge is 0.573 e. The maximum atomic E-state index is 13.2. The van der Waals surface area contributed by atoms with Crippen molar-refractivity contribution < 1.29 is 78.6 Å². The molecule has 8 rings (SSSR count). The molecule has 0 bridgehead atoms. The minimum Gasteiger partial charge on any atom is -0.495 e. The number of fused-ring (bicyclic) bond motifs is 2. The summed E-state index contributed by atoms with van der Waals surface area (Å²) in [6, 6.07) is 30.1. The fourth-order valence-corrected chi connectivity index (χ4v) is 7.88. The predicted molar refractivity (Wildman–Crippen MR) is 277 cm³/mol. The number of nitrogens with zero attached hydrogens (tertiary/aromatic N) is 1. The Kier molecular flexibility index (Phi) is 19.4. The Labute approximate surface area is 449 Å². The molecule has 77 heavy (non-hydrogen) atoms. The van der Waals surface area contributed by atoms with Gasteiger partial charge in [-0.2, -0.15) is 0 Å². The van der Waals surface area contributed by atoms with Gasteiger partial charge in [0.05, 0.1) is 48.5 Å². The number of benzene rings is 6. The van der Waals surface area contributed by atoms with Gasteiger partial charge in [-0.3, -0.25) is 9.78 Å². The summed E-state index contributed by atoms with van der Waals surface area (Å²) in [6.45, 7) is 7.40. The molecule has 0 atom stereocenters. The number of ether oxygens (including phenoxy) is 9. The van der Waals surface area contributed by atoms with Gasteiger partial charge in [0.15, 0.2) is 11.2 Å². The maximum Gasteiger partial charge on any atom is 0.573 e. The van der Waals surface area contributed by atoms with E-state index in [4.69, 9.17) is 63.2 Å². The van der Waals surface area contributed by atoms with E-state index in [1.807, 2.05) is 0 Å².